The molecule has 0 radical (unpaired) electrons. The SMILES string of the molecule is COc1cc(OC)c(CNc2ncnc(N3CCN(C(=O)c4ccco4)CC3)c2[N+](=O)[O-])c(OC)c1. The molecule has 3 heterocycles. The molecule has 1 aliphatic heterocycles. The first kappa shape index (κ1) is 24.6. The second-order valence-electron chi connectivity index (χ2n) is 7.77. The monoisotopic (exact) mass is 498 g/mol. The number of hydrogen-bond donors (Lipinski definition) is 1. The fraction of sp³-hybridized carbons (Fsp3) is 0.348. The molecular formula is C23H26N6O7. The van der Waals surface area contributed by atoms with Crippen molar-refractivity contribution in [3.8, 4) is 17.2 Å². The summed E-state index contributed by atoms with van der Waals surface area (Å²) < 4.78 is 21.4. The lowest BCUT2D eigenvalue weighted by Gasteiger charge is -2.34. The van der Waals surface area contributed by atoms with E-state index in [9.17, 15) is 14.9 Å². The molecule has 0 saturated carbocycles. The first-order valence-corrected chi connectivity index (χ1v) is 11.1. The lowest BCUT2D eigenvalue weighted by atomic mass is 10.1. The maximum atomic E-state index is 12.5. The van der Waals surface area contributed by atoms with E-state index >= 15 is 0 Å². The minimum Gasteiger partial charge on any atom is -0.496 e. The van der Waals surface area contributed by atoms with Crippen LogP contribution in [0.2, 0.25) is 0 Å². The molecule has 0 unspecified atom stereocenters. The minimum atomic E-state index is -0.513. The molecule has 0 bridgehead atoms. The standard InChI is InChI=1S/C23H26N6O7/c1-33-15-11-18(34-2)16(19(12-15)35-3)13-24-21-20(29(31)32)22(26-14-25-21)27-6-8-28(9-7-27)23(30)17-5-4-10-36-17/h4-5,10-12,14H,6-9,13H2,1-3H3,(H,24,25,26). The highest BCUT2D eigenvalue weighted by atomic mass is 16.6. The second kappa shape index (κ2) is 10.8. The van der Waals surface area contributed by atoms with Gasteiger partial charge in [-0.2, -0.15) is 0 Å². The molecule has 1 amide bonds. The van der Waals surface area contributed by atoms with Crippen molar-refractivity contribution in [3.05, 3.63) is 58.3 Å². The number of piperazine rings is 1. The van der Waals surface area contributed by atoms with Gasteiger partial charge in [0.1, 0.15) is 23.6 Å². The Morgan fingerprint density at radius 2 is 1.81 bits per heavy atom. The van der Waals surface area contributed by atoms with Gasteiger partial charge in [0, 0.05) is 44.9 Å². The van der Waals surface area contributed by atoms with Gasteiger partial charge in [-0.25, -0.2) is 9.97 Å². The largest absolute Gasteiger partial charge is 0.496 e. The van der Waals surface area contributed by atoms with Crippen LogP contribution >= 0.6 is 0 Å². The second-order valence-corrected chi connectivity index (χ2v) is 7.77. The zero-order valence-corrected chi connectivity index (χ0v) is 20.1. The van der Waals surface area contributed by atoms with Crippen molar-refractivity contribution in [1.29, 1.82) is 0 Å². The molecule has 2 aromatic heterocycles. The van der Waals surface area contributed by atoms with E-state index in [1.54, 1.807) is 34.1 Å². The van der Waals surface area contributed by atoms with Crippen molar-refractivity contribution in [1.82, 2.24) is 14.9 Å². The Kier molecular flexibility index (Phi) is 7.37. The normalized spacial score (nSPS) is 13.3. The molecule has 13 heteroatoms. The molecule has 0 spiro atoms. The lowest BCUT2D eigenvalue weighted by Crippen LogP contribution is -2.49. The number of ether oxygens (including phenoxy) is 3. The van der Waals surface area contributed by atoms with Gasteiger partial charge in [-0.05, 0) is 12.1 Å². The summed E-state index contributed by atoms with van der Waals surface area (Å²) >= 11 is 0. The fourth-order valence-corrected chi connectivity index (χ4v) is 4.00. The van der Waals surface area contributed by atoms with E-state index in [1.807, 2.05) is 0 Å². The molecule has 13 nitrogen and oxygen atoms in total. The van der Waals surface area contributed by atoms with Gasteiger partial charge in [0.2, 0.25) is 11.6 Å². The molecular weight excluding hydrogens is 472 g/mol. The van der Waals surface area contributed by atoms with Crippen molar-refractivity contribution >= 4 is 23.2 Å². The van der Waals surface area contributed by atoms with Crippen LogP contribution in [0.15, 0.2) is 41.3 Å². The average molecular weight is 498 g/mol. The number of nitrogens with zero attached hydrogens (tertiary/aromatic N) is 5. The first-order chi connectivity index (χ1) is 17.5. The van der Waals surface area contributed by atoms with E-state index in [1.165, 1.54) is 33.9 Å². The van der Waals surface area contributed by atoms with Crippen LogP contribution in [-0.2, 0) is 6.54 Å². The summed E-state index contributed by atoms with van der Waals surface area (Å²) in [6, 6.07) is 6.65. The Morgan fingerprint density at radius 3 is 2.36 bits per heavy atom. The third kappa shape index (κ3) is 4.94. The number of carbonyl (C=O) groups is 1. The molecule has 190 valence electrons. The summed E-state index contributed by atoms with van der Waals surface area (Å²) in [5.41, 5.74) is 0.384. The van der Waals surface area contributed by atoms with Gasteiger partial charge < -0.3 is 33.7 Å². The highest BCUT2D eigenvalue weighted by molar-refractivity contribution is 5.91. The number of anilines is 2. The van der Waals surface area contributed by atoms with Crippen LogP contribution in [0.5, 0.6) is 17.2 Å². The van der Waals surface area contributed by atoms with E-state index in [0.717, 1.165) is 0 Å². The third-order valence-corrected chi connectivity index (χ3v) is 5.83. The van der Waals surface area contributed by atoms with Crippen LogP contribution < -0.4 is 24.4 Å². The van der Waals surface area contributed by atoms with Crippen LogP contribution in [-0.4, -0.2) is 73.2 Å². The maximum Gasteiger partial charge on any atom is 0.353 e. The molecule has 0 atom stereocenters. The number of rotatable bonds is 9. The van der Waals surface area contributed by atoms with E-state index in [4.69, 9.17) is 18.6 Å². The molecule has 0 aliphatic carbocycles. The van der Waals surface area contributed by atoms with Crippen molar-refractivity contribution in [3.63, 3.8) is 0 Å². The quantitative estimate of drug-likeness (QED) is 0.343. The predicted molar refractivity (Wildman–Crippen MR) is 129 cm³/mol. The van der Waals surface area contributed by atoms with Gasteiger partial charge in [-0.1, -0.05) is 0 Å². The highest BCUT2D eigenvalue weighted by Gasteiger charge is 2.31. The Morgan fingerprint density at radius 1 is 1.11 bits per heavy atom. The zero-order valence-electron chi connectivity index (χ0n) is 20.1. The van der Waals surface area contributed by atoms with Gasteiger partial charge in [-0.15, -0.1) is 0 Å². The first-order valence-electron chi connectivity index (χ1n) is 11.1. The topological polar surface area (TPSA) is 145 Å². The summed E-state index contributed by atoms with van der Waals surface area (Å²) in [4.78, 5) is 35.8. The number of furan rings is 1. The number of hydrogen-bond acceptors (Lipinski definition) is 11. The number of nitro groups is 1. The number of methoxy groups -OCH3 is 3. The van der Waals surface area contributed by atoms with Crippen LogP contribution in [0.4, 0.5) is 17.3 Å². The Labute approximate surface area is 206 Å². The highest BCUT2D eigenvalue weighted by Crippen LogP contribution is 2.36. The maximum absolute atomic E-state index is 12.5. The minimum absolute atomic E-state index is 0.0546. The van der Waals surface area contributed by atoms with Crippen molar-refractivity contribution < 1.29 is 28.3 Å². The van der Waals surface area contributed by atoms with E-state index in [0.29, 0.717) is 49.0 Å². The summed E-state index contributed by atoms with van der Waals surface area (Å²) in [6.45, 7) is 1.60. The number of aromatic nitrogens is 2. The average Bonchev–Trinajstić information content (AvgIpc) is 3.45. The zero-order chi connectivity index (χ0) is 25.7. The number of nitrogens with one attached hydrogen (secondary N) is 1. The van der Waals surface area contributed by atoms with Gasteiger partial charge in [0.15, 0.2) is 5.76 Å². The molecule has 36 heavy (non-hydrogen) atoms. The number of amides is 1. The summed E-state index contributed by atoms with van der Waals surface area (Å²) in [7, 11) is 4.56. The van der Waals surface area contributed by atoms with Gasteiger partial charge >= 0.3 is 5.69 Å². The lowest BCUT2D eigenvalue weighted by molar-refractivity contribution is -0.383. The van der Waals surface area contributed by atoms with Crippen LogP contribution in [0.3, 0.4) is 0 Å². The third-order valence-electron chi connectivity index (χ3n) is 5.83. The van der Waals surface area contributed by atoms with E-state index in [-0.39, 0.29) is 35.5 Å². The Bertz CT molecular complexity index is 1200. The Balaban J connectivity index is 1.54. The van der Waals surface area contributed by atoms with E-state index < -0.39 is 4.92 Å². The molecule has 1 saturated heterocycles. The van der Waals surface area contributed by atoms with Crippen molar-refractivity contribution in [2.24, 2.45) is 0 Å². The molecule has 1 aromatic carbocycles. The molecule has 1 fully saturated rings. The van der Waals surface area contributed by atoms with Gasteiger partial charge in [0.25, 0.3) is 5.91 Å². The van der Waals surface area contributed by atoms with Crippen LogP contribution in [0, 0.1) is 10.1 Å². The van der Waals surface area contributed by atoms with E-state index in [2.05, 4.69) is 15.3 Å². The smallest absolute Gasteiger partial charge is 0.353 e. The number of carbonyl (C=O) groups excluding carboxylic acids is 1. The number of benzene rings is 1. The van der Waals surface area contributed by atoms with Crippen molar-refractivity contribution in [2.75, 3.05) is 57.7 Å². The fourth-order valence-electron chi connectivity index (χ4n) is 4.00. The van der Waals surface area contributed by atoms with Crippen LogP contribution in [0.1, 0.15) is 16.1 Å². The summed E-state index contributed by atoms with van der Waals surface area (Å²) in [5.74, 6) is 1.80. The van der Waals surface area contributed by atoms with Crippen molar-refractivity contribution in [2.45, 2.75) is 6.54 Å². The summed E-state index contributed by atoms with van der Waals surface area (Å²) in [6.07, 6.45) is 2.72. The Hall–Kier alpha value is -4.55. The molecule has 1 aliphatic rings. The van der Waals surface area contributed by atoms with Gasteiger partial charge in [-0.3, -0.25) is 14.9 Å². The molecule has 3 aromatic rings. The molecule has 4 rings (SSSR count). The summed E-state index contributed by atoms with van der Waals surface area (Å²) in [5, 5.41) is 15.1. The predicted octanol–water partition coefficient (Wildman–Crippen LogP) is 2.58. The van der Waals surface area contributed by atoms with Gasteiger partial charge in [0.05, 0.1) is 38.1 Å². The molecule has 1 N–H and O–H groups in total. The van der Waals surface area contributed by atoms with Crippen LogP contribution in [0.25, 0.3) is 0 Å².